The van der Waals surface area contributed by atoms with Gasteiger partial charge < -0.3 is 15.2 Å². The Labute approximate surface area is 79.4 Å². The van der Waals surface area contributed by atoms with Crippen LogP contribution in [0.5, 0.6) is 11.5 Å². The number of ether oxygens (including phenoxy) is 2. The minimum Gasteiger partial charge on any atom is -0.491 e. The van der Waals surface area contributed by atoms with Crippen molar-refractivity contribution in [2.24, 2.45) is 5.73 Å². The fourth-order valence-electron chi connectivity index (χ4n) is 1.39. The van der Waals surface area contributed by atoms with E-state index in [4.69, 9.17) is 10.5 Å². The van der Waals surface area contributed by atoms with Gasteiger partial charge in [0, 0.05) is 11.6 Å². The Bertz CT molecular complexity index is 344. The van der Waals surface area contributed by atoms with Crippen molar-refractivity contribution in [3.63, 3.8) is 0 Å². The average Bonchev–Trinajstić information content (AvgIpc) is 2.46. The number of halogens is 2. The first-order valence-corrected chi connectivity index (χ1v) is 4.14. The number of benzene rings is 1. The topological polar surface area (TPSA) is 44.5 Å². The van der Waals surface area contributed by atoms with Crippen LogP contribution in [-0.2, 0) is 0 Å². The minimum atomic E-state index is -2.82. The summed E-state index contributed by atoms with van der Waals surface area (Å²) >= 11 is 0. The van der Waals surface area contributed by atoms with Crippen LogP contribution in [-0.4, -0.2) is 13.2 Å². The lowest BCUT2D eigenvalue weighted by atomic mass is 10.1. The Hall–Kier alpha value is -1.36. The van der Waals surface area contributed by atoms with E-state index in [1.807, 2.05) is 0 Å². The lowest BCUT2D eigenvalue weighted by molar-refractivity contribution is -0.0499. The Balaban J connectivity index is 2.24. The van der Waals surface area contributed by atoms with Crippen molar-refractivity contribution in [3.05, 3.63) is 23.8 Å². The molecule has 1 aliphatic rings. The van der Waals surface area contributed by atoms with E-state index >= 15 is 0 Å². The summed E-state index contributed by atoms with van der Waals surface area (Å²) in [5.74, 6) is 0.614. The molecule has 1 heterocycles. The number of hydrogen-bond donors (Lipinski definition) is 1. The van der Waals surface area contributed by atoms with Gasteiger partial charge in [-0.25, -0.2) is 0 Å². The van der Waals surface area contributed by atoms with E-state index in [0.717, 1.165) is 5.56 Å². The van der Waals surface area contributed by atoms with Gasteiger partial charge in [0.25, 0.3) is 0 Å². The molecular formula is C9H9F2NO2. The Morgan fingerprint density at radius 1 is 1.50 bits per heavy atom. The number of nitrogens with two attached hydrogens (primary N) is 1. The fourth-order valence-corrected chi connectivity index (χ4v) is 1.39. The van der Waals surface area contributed by atoms with E-state index in [1.54, 1.807) is 6.07 Å². The van der Waals surface area contributed by atoms with Crippen molar-refractivity contribution in [3.8, 4) is 11.5 Å². The number of hydrogen-bond acceptors (Lipinski definition) is 3. The molecule has 0 saturated carbocycles. The zero-order valence-corrected chi connectivity index (χ0v) is 7.24. The van der Waals surface area contributed by atoms with Gasteiger partial charge in [-0.1, -0.05) is 0 Å². The molecule has 0 radical (unpaired) electrons. The van der Waals surface area contributed by atoms with Crippen molar-refractivity contribution in [1.29, 1.82) is 0 Å². The molecule has 0 bridgehead atoms. The van der Waals surface area contributed by atoms with Crippen LogP contribution in [0.2, 0.25) is 0 Å². The maximum Gasteiger partial charge on any atom is 0.387 e. The van der Waals surface area contributed by atoms with E-state index in [-0.39, 0.29) is 11.8 Å². The summed E-state index contributed by atoms with van der Waals surface area (Å²) in [5, 5.41) is 0. The highest BCUT2D eigenvalue weighted by atomic mass is 19.3. The van der Waals surface area contributed by atoms with Crippen LogP contribution in [0.15, 0.2) is 18.2 Å². The maximum absolute atomic E-state index is 11.9. The highest BCUT2D eigenvalue weighted by molar-refractivity contribution is 5.44. The summed E-state index contributed by atoms with van der Waals surface area (Å²) in [6, 6.07) is 4.35. The number of fused-ring (bicyclic) bond motifs is 1. The van der Waals surface area contributed by atoms with Crippen LogP contribution in [0.1, 0.15) is 11.6 Å². The van der Waals surface area contributed by atoms with Crippen LogP contribution in [0.3, 0.4) is 0 Å². The monoisotopic (exact) mass is 201 g/mol. The molecule has 0 aliphatic carbocycles. The number of alkyl halides is 2. The van der Waals surface area contributed by atoms with Gasteiger partial charge >= 0.3 is 6.61 Å². The summed E-state index contributed by atoms with van der Waals surface area (Å²) < 4.78 is 33.1. The van der Waals surface area contributed by atoms with Crippen molar-refractivity contribution < 1.29 is 18.3 Å². The molecule has 0 amide bonds. The highest BCUT2D eigenvalue weighted by Gasteiger charge is 2.21. The van der Waals surface area contributed by atoms with Gasteiger partial charge in [-0.15, -0.1) is 0 Å². The predicted octanol–water partition coefficient (Wildman–Crippen LogP) is 1.68. The second-order valence-corrected chi connectivity index (χ2v) is 3.00. The van der Waals surface area contributed by atoms with Gasteiger partial charge in [0.15, 0.2) is 0 Å². The SMILES string of the molecule is NC1COc2cc(OC(F)F)ccc21. The first-order valence-electron chi connectivity index (χ1n) is 4.14. The Morgan fingerprint density at radius 2 is 2.29 bits per heavy atom. The summed E-state index contributed by atoms with van der Waals surface area (Å²) in [6.07, 6.45) is 0. The van der Waals surface area contributed by atoms with E-state index in [0.29, 0.717) is 12.4 Å². The smallest absolute Gasteiger partial charge is 0.387 e. The summed E-state index contributed by atoms with van der Waals surface area (Å²) in [7, 11) is 0. The van der Waals surface area contributed by atoms with Crippen LogP contribution in [0, 0.1) is 0 Å². The van der Waals surface area contributed by atoms with Crippen LogP contribution >= 0.6 is 0 Å². The van der Waals surface area contributed by atoms with Crippen LogP contribution in [0.4, 0.5) is 8.78 Å². The van der Waals surface area contributed by atoms with Gasteiger partial charge in [0.05, 0.1) is 6.04 Å². The van der Waals surface area contributed by atoms with E-state index in [1.165, 1.54) is 12.1 Å². The normalized spacial score (nSPS) is 19.3. The molecule has 5 heteroatoms. The minimum absolute atomic E-state index is 0.0906. The molecule has 2 rings (SSSR count). The second kappa shape index (κ2) is 3.42. The number of rotatable bonds is 2. The molecule has 1 aromatic rings. The van der Waals surface area contributed by atoms with Crippen LogP contribution < -0.4 is 15.2 Å². The first-order chi connectivity index (χ1) is 6.66. The maximum atomic E-state index is 11.9. The lowest BCUT2D eigenvalue weighted by Gasteiger charge is -2.06. The van der Waals surface area contributed by atoms with E-state index in [2.05, 4.69) is 4.74 Å². The first kappa shape index (κ1) is 9.21. The van der Waals surface area contributed by atoms with Crippen molar-refractivity contribution in [2.45, 2.75) is 12.7 Å². The summed E-state index contributed by atoms with van der Waals surface area (Å²) in [6.45, 7) is -2.43. The molecule has 0 fully saturated rings. The fraction of sp³-hybridized carbons (Fsp3) is 0.333. The predicted molar refractivity (Wildman–Crippen MR) is 45.5 cm³/mol. The Kier molecular flexibility index (Phi) is 2.25. The zero-order valence-electron chi connectivity index (χ0n) is 7.24. The third-order valence-electron chi connectivity index (χ3n) is 2.03. The van der Waals surface area contributed by atoms with Crippen LogP contribution in [0.25, 0.3) is 0 Å². The quantitative estimate of drug-likeness (QED) is 0.791. The van der Waals surface area contributed by atoms with Gasteiger partial charge in [0.1, 0.15) is 18.1 Å². The molecule has 1 aromatic carbocycles. The largest absolute Gasteiger partial charge is 0.491 e. The third-order valence-corrected chi connectivity index (χ3v) is 2.03. The molecule has 0 spiro atoms. The second-order valence-electron chi connectivity index (χ2n) is 3.00. The van der Waals surface area contributed by atoms with E-state index in [9.17, 15) is 8.78 Å². The van der Waals surface area contributed by atoms with Crippen molar-refractivity contribution in [1.82, 2.24) is 0 Å². The molecule has 2 N–H and O–H groups in total. The van der Waals surface area contributed by atoms with Gasteiger partial charge in [0.2, 0.25) is 0 Å². The summed E-state index contributed by atoms with van der Waals surface area (Å²) in [4.78, 5) is 0. The summed E-state index contributed by atoms with van der Waals surface area (Å²) in [5.41, 5.74) is 6.51. The molecule has 14 heavy (non-hydrogen) atoms. The van der Waals surface area contributed by atoms with Gasteiger partial charge in [-0.05, 0) is 12.1 Å². The average molecular weight is 201 g/mol. The van der Waals surface area contributed by atoms with Crippen molar-refractivity contribution >= 4 is 0 Å². The molecule has 1 unspecified atom stereocenters. The standard InChI is InChI=1S/C9H9F2NO2/c10-9(11)14-5-1-2-6-7(12)4-13-8(6)3-5/h1-3,7,9H,4,12H2. The molecule has 1 aliphatic heterocycles. The molecular weight excluding hydrogens is 192 g/mol. The van der Waals surface area contributed by atoms with Gasteiger partial charge in [-0.3, -0.25) is 0 Å². The molecule has 76 valence electrons. The van der Waals surface area contributed by atoms with Gasteiger partial charge in [-0.2, -0.15) is 8.78 Å². The lowest BCUT2D eigenvalue weighted by Crippen LogP contribution is -2.10. The molecule has 0 saturated heterocycles. The molecule has 1 atom stereocenters. The van der Waals surface area contributed by atoms with E-state index < -0.39 is 6.61 Å². The third kappa shape index (κ3) is 1.63. The molecule has 0 aromatic heterocycles. The Morgan fingerprint density at radius 3 is 3.00 bits per heavy atom. The zero-order chi connectivity index (χ0) is 10.1. The molecule has 3 nitrogen and oxygen atoms in total. The van der Waals surface area contributed by atoms with Crippen molar-refractivity contribution in [2.75, 3.05) is 6.61 Å². The highest BCUT2D eigenvalue weighted by Crippen LogP contribution is 2.34.